The summed E-state index contributed by atoms with van der Waals surface area (Å²) in [6.07, 6.45) is 4.49. The van der Waals surface area contributed by atoms with Crippen molar-refractivity contribution >= 4 is 33.9 Å². The van der Waals surface area contributed by atoms with Crippen LogP contribution in [0.5, 0.6) is 0 Å². The zero-order valence-corrected chi connectivity index (χ0v) is 17.7. The largest absolute Gasteiger partial charge is 0.473 e. The summed E-state index contributed by atoms with van der Waals surface area (Å²) < 4.78 is 1.17. The van der Waals surface area contributed by atoms with E-state index in [1.807, 2.05) is 0 Å². The number of rotatable bonds is 5. The molecule has 0 bridgehead atoms. The Kier molecular flexibility index (Phi) is 9.56. The number of carboxylic acid groups (broad SMARTS) is 2. The standard InChI is InChI=1S/C20H23BrN2.C2H2O4/c21-20-10-4-8-19(16-20)17-23-14-12-22(13-15-23)11-5-9-18-6-2-1-3-7-18;3-1(4)2(5)6/h1-10,16H,11-15,17H2;(H,3,4)(H,5,6). The van der Waals surface area contributed by atoms with Crippen molar-refractivity contribution in [2.75, 3.05) is 32.7 Å². The number of hydrogen-bond acceptors (Lipinski definition) is 4. The van der Waals surface area contributed by atoms with E-state index in [1.54, 1.807) is 0 Å². The van der Waals surface area contributed by atoms with E-state index in [2.05, 4.69) is 92.5 Å². The van der Waals surface area contributed by atoms with Crippen LogP contribution in [-0.2, 0) is 16.1 Å². The van der Waals surface area contributed by atoms with E-state index in [1.165, 1.54) is 15.6 Å². The van der Waals surface area contributed by atoms with Gasteiger partial charge in [-0.3, -0.25) is 9.80 Å². The summed E-state index contributed by atoms with van der Waals surface area (Å²) in [5.74, 6) is -3.65. The summed E-state index contributed by atoms with van der Waals surface area (Å²) in [6.45, 7) is 6.67. The second-order valence-corrected chi connectivity index (χ2v) is 7.55. The number of nitrogens with zero attached hydrogens (tertiary/aromatic N) is 2. The molecule has 1 heterocycles. The molecule has 0 radical (unpaired) electrons. The van der Waals surface area contributed by atoms with Gasteiger partial charge in [-0.05, 0) is 23.3 Å². The van der Waals surface area contributed by atoms with Gasteiger partial charge in [0.05, 0.1) is 0 Å². The highest BCUT2D eigenvalue weighted by atomic mass is 79.9. The number of carbonyl (C=O) groups is 2. The second kappa shape index (κ2) is 12.2. The van der Waals surface area contributed by atoms with Gasteiger partial charge in [0.2, 0.25) is 0 Å². The van der Waals surface area contributed by atoms with Gasteiger partial charge in [0.15, 0.2) is 0 Å². The van der Waals surface area contributed by atoms with E-state index < -0.39 is 11.9 Å². The van der Waals surface area contributed by atoms with Gasteiger partial charge in [0.25, 0.3) is 0 Å². The van der Waals surface area contributed by atoms with Crippen LogP contribution in [-0.4, -0.2) is 64.7 Å². The lowest BCUT2D eigenvalue weighted by atomic mass is 10.2. The second-order valence-electron chi connectivity index (χ2n) is 6.63. The van der Waals surface area contributed by atoms with Crippen molar-refractivity contribution in [3.05, 3.63) is 76.3 Å². The summed E-state index contributed by atoms with van der Waals surface area (Å²) in [7, 11) is 0. The van der Waals surface area contributed by atoms with Gasteiger partial charge in [-0.1, -0.05) is 70.5 Å². The van der Waals surface area contributed by atoms with Crippen LogP contribution in [0.1, 0.15) is 11.1 Å². The third-order valence-corrected chi connectivity index (χ3v) is 4.91. The number of piperazine rings is 1. The van der Waals surface area contributed by atoms with Crippen molar-refractivity contribution in [3.8, 4) is 0 Å². The topological polar surface area (TPSA) is 81.1 Å². The predicted molar refractivity (Wildman–Crippen MR) is 117 cm³/mol. The lowest BCUT2D eigenvalue weighted by Gasteiger charge is -2.34. The molecule has 1 aliphatic rings. The molecule has 0 saturated carbocycles. The highest BCUT2D eigenvalue weighted by molar-refractivity contribution is 9.10. The average Bonchev–Trinajstić information content (AvgIpc) is 2.71. The number of halogens is 1. The minimum Gasteiger partial charge on any atom is -0.473 e. The molecule has 154 valence electrons. The minimum atomic E-state index is -1.82. The summed E-state index contributed by atoms with van der Waals surface area (Å²) in [4.78, 5) is 23.3. The summed E-state index contributed by atoms with van der Waals surface area (Å²) >= 11 is 3.55. The van der Waals surface area contributed by atoms with E-state index in [4.69, 9.17) is 19.8 Å². The fourth-order valence-electron chi connectivity index (χ4n) is 2.93. The smallest absolute Gasteiger partial charge is 0.414 e. The number of carboxylic acids is 2. The molecule has 1 aliphatic heterocycles. The van der Waals surface area contributed by atoms with Gasteiger partial charge < -0.3 is 10.2 Å². The van der Waals surface area contributed by atoms with E-state index in [0.29, 0.717) is 0 Å². The molecule has 0 amide bonds. The van der Waals surface area contributed by atoms with Crippen LogP contribution in [0.3, 0.4) is 0 Å². The Hall–Kier alpha value is -2.48. The van der Waals surface area contributed by atoms with Gasteiger partial charge >= 0.3 is 11.9 Å². The average molecular weight is 461 g/mol. The van der Waals surface area contributed by atoms with Crippen LogP contribution in [0.15, 0.2) is 65.1 Å². The normalized spacial score (nSPS) is 14.9. The molecule has 7 heteroatoms. The number of hydrogen-bond donors (Lipinski definition) is 2. The Morgan fingerprint density at radius 1 is 0.897 bits per heavy atom. The summed E-state index contributed by atoms with van der Waals surface area (Å²) in [5.41, 5.74) is 2.66. The fourth-order valence-corrected chi connectivity index (χ4v) is 3.37. The quantitative estimate of drug-likeness (QED) is 0.665. The number of aliphatic carboxylic acids is 2. The van der Waals surface area contributed by atoms with Gasteiger partial charge in [-0.25, -0.2) is 9.59 Å². The first kappa shape index (κ1) is 22.8. The van der Waals surface area contributed by atoms with Crippen LogP contribution < -0.4 is 0 Å². The van der Waals surface area contributed by atoms with Crippen molar-refractivity contribution in [2.24, 2.45) is 0 Å². The molecule has 0 aromatic heterocycles. The molecule has 0 aliphatic carbocycles. The maximum absolute atomic E-state index is 9.10. The van der Waals surface area contributed by atoms with Crippen molar-refractivity contribution in [2.45, 2.75) is 6.54 Å². The molecule has 2 N–H and O–H groups in total. The maximum atomic E-state index is 9.10. The third kappa shape index (κ3) is 9.04. The van der Waals surface area contributed by atoms with Gasteiger partial charge in [0.1, 0.15) is 0 Å². The molecule has 2 aromatic rings. The van der Waals surface area contributed by atoms with Gasteiger partial charge in [-0.15, -0.1) is 0 Å². The fraction of sp³-hybridized carbons (Fsp3) is 0.273. The highest BCUT2D eigenvalue weighted by Crippen LogP contribution is 2.14. The van der Waals surface area contributed by atoms with Crippen molar-refractivity contribution in [1.29, 1.82) is 0 Å². The van der Waals surface area contributed by atoms with Crippen molar-refractivity contribution in [3.63, 3.8) is 0 Å². The molecular formula is C22H25BrN2O4. The van der Waals surface area contributed by atoms with E-state index in [-0.39, 0.29) is 0 Å². The first-order valence-electron chi connectivity index (χ1n) is 9.31. The molecule has 0 atom stereocenters. The Morgan fingerprint density at radius 2 is 1.52 bits per heavy atom. The third-order valence-electron chi connectivity index (χ3n) is 4.42. The Labute approximate surface area is 179 Å². The van der Waals surface area contributed by atoms with Crippen LogP contribution in [0.2, 0.25) is 0 Å². The van der Waals surface area contributed by atoms with E-state index in [0.717, 1.165) is 39.3 Å². The minimum absolute atomic E-state index is 1.04. The van der Waals surface area contributed by atoms with Gasteiger partial charge in [-0.2, -0.15) is 0 Å². The summed E-state index contributed by atoms with van der Waals surface area (Å²) in [6, 6.07) is 19.1. The summed E-state index contributed by atoms with van der Waals surface area (Å²) in [5, 5.41) is 14.8. The first-order valence-corrected chi connectivity index (χ1v) is 10.1. The van der Waals surface area contributed by atoms with Crippen LogP contribution in [0.25, 0.3) is 6.08 Å². The molecule has 1 fully saturated rings. The SMILES string of the molecule is Brc1cccc(CN2CCN(CC=Cc3ccccc3)CC2)c1.O=C(O)C(=O)O. The molecule has 0 spiro atoms. The molecule has 29 heavy (non-hydrogen) atoms. The zero-order valence-electron chi connectivity index (χ0n) is 16.1. The Balaban J connectivity index is 0.000000438. The lowest BCUT2D eigenvalue weighted by Crippen LogP contribution is -2.45. The lowest BCUT2D eigenvalue weighted by molar-refractivity contribution is -0.159. The molecule has 2 aromatic carbocycles. The van der Waals surface area contributed by atoms with Gasteiger partial charge in [0, 0.05) is 43.7 Å². The van der Waals surface area contributed by atoms with Crippen LogP contribution in [0.4, 0.5) is 0 Å². The Morgan fingerprint density at radius 3 is 2.10 bits per heavy atom. The van der Waals surface area contributed by atoms with Crippen molar-refractivity contribution < 1.29 is 19.8 Å². The highest BCUT2D eigenvalue weighted by Gasteiger charge is 2.15. The molecular weight excluding hydrogens is 436 g/mol. The number of benzene rings is 2. The molecule has 3 rings (SSSR count). The van der Waals surface area contributed by atoms with E-state index in [9.17, 15) is 0 Å². The van der Waals surface area contributed by atoms with Crippen molar-refractivity contribution in [1.82, 2.24) is 9.80 Å². The molecule has 6 nitrogen and oxygen atoms in total. The first-order chi connectivity index (χ1) is 13.9. The maximum Gasteiger partial charge on any atom is 0.414 e. The molecule has 1 saturated heterocycles. The molecule has 0 unspecified atom stereocenters. The monoisotopic (exact) mass is 460 g/mol. The predicted octanol–water partition coefficient (Wildman–Crippen LogP) is 3.44. The van der Waals surface area contributed by atoms with Crippen LogP contribution in [0, 0.1) is 0 Å². The Bertz CT molecular complexity index is 807. The zero-order chi connectivity index (χ0) is 21.1. The van der Waals surface area contributed by atoms with E-state index >= 15 is 0 Å². The van der Waals surface area contributed by atoms with Crippen LogP contribution >= 0.6 is 15.9 Å².